The molecular weight excluding hydrogens is 332 g/mol. The molecule has 0 saturated carbocycles. The van der Waals surface area contributed by atoms with Crippen LogP contribution < -0.4 is 0 Å². The summed E-state index contributed by atoms with van der Waals surface area (Å²) in [5.74, 6) is -0.530. The van der Waals surface area contributed by atoms with E-state index < -0.39 is 5.79 Å². The van der Waals surface area contributed by atoms with Crippen molar-refractivity contribution in [3.05, 3.63) is 53.0 Å². The second-order valence-corrected chi connectivity index (χ2v) is 6.42. The molecule has 1 aromatic heterocycles. The summed E-state index contributed by atoms with van der Waals surface area (Å²) in [6.45, 7) is 3.55. The molecule has 3 rings (SSSR count). The van der Waals surface area contributed by atoms with Crippen LogP contribution in [0.2, 0.25) is 0 Å². The van der Waals surface area contributed by atoms with E-state index >= 15 is 0 Å². The number of aryl methyl sites for hydroxylation is 1. The first kappa shape index (κ1) is 14.8. The van der Waals surface area contributed by atoms with Gasteiger partial charge in [0, 0.05) is 36.3 Å². The Morgan fingerprint density at radius 1 is 1.38 bits per heavy atom. The first-order chi connectivity index (χ1) is 10.2. The molecule has 0 spiro atoms. The third-order valence-electron chi connectivity index (χ3n) is 3.69. The number of benzene rings is 1. The standard InChI is InChI=1S/C16H19BrN2O2/c1-13-11-20-16(21-13,6-8-19-9-7-18-12-19)10-14-2-4-15(17)5-3-14/h2-5,7,9,12-13H,6,8,10-11H2,1H3. The molecule has 21 heavy (non-hydrogen) atoms. The Morgan fingerprint density at radius 2 is 2.19 bits per heavy atom. The highest BCUT2D eigenvalue weighted by molar-refractivity contribution is 9.10. The lowest BCUT2D eigenvalue weighted by atomic mass is 10.0. The van der Waals surface area contributed by atoms with E-state index in [0.29, 0.717) is 6.61 Å². The fourth-order valence-corrected chi connectivity index (χ4v) is 2.91. The van der Waals surface area contributed by atoms with E-state index in [1.807, 2.05) is 12.5 Å². The zero-order chi connectivity index (χ0) is 14.7. The van der Waals surface area contributed by atoms with Crippen molar-refractivity contribution < 1.29 is 9.47 Å². The van der Waals surface area contributed by atoms with Crippen LogP contribution in [0.15, 0.2) is 47.5 Å². The summed E-state index contributed by atoms with van der Waals surface area (Å²) in [7, 11) is 0. The van der Waals surface area contributed by atoms with Gasteiger partial charge >= 0.3 is 0 Å². The minimum atomic E-state index is -0.530. The van der Waals surface area contributed by atoms with E-state index in [1.54, 1.807) is 6.20 Å². The summed E-state index contributed by atoms with van der Waals surface area (Å²) in [4.78, 5) is 4.07. The van der Waals surface area contributed by atoms with Gasteiger partial charge in [-0.15, -0.1) is 0 Å². The van der Waals surface area contributed by atoms with Crippen LogP contribution in [-0.2, 0) is 22.4 Å². The molecule has 1 aromatic carbocycles. The van der Waals surface area contributed by atoms with Gasteiger partial charge in [-0.2, -0.15) is 0 Å². The van der Waals surface area contributed by atoms with Gasteiger partial charge in [0.05, 0.1) is 19.0 Å². The molecule has 1 aliphatic heterocycles. The van der Waals surface area contributed by atoms with Gasteiger partial charge in [0.1, 0.15) is 0 Å². The minimum absolute atomic E-state index is 0.142. The quantitative estimate of drug-likeness (QED) is 0.828. The molecule has 2 atom stereocenters. The maximum atomic E-state index is 6.11. The van der Waals surface area contributed by atoms with Crippen LogP contribution in [0.3, 0.4) is 0 Å². The summed E-state index contributed by atoms with van der Waals surface area (Å²) in [5.41, 5.74) is 1.22. The molecule has 1 fully saturated rings. The SMILES string of the molecule is CC1COC(CCn2ccnc2)(Cc2ccc(Br)cc2)O1. The normalized spacial score (nSPS) is 25.3. The van der Waals surface area contributed by atoms with Gasteiger partial charge in [-0.25, -0.2) is 4.98 Å². The van der Waals surface area contributed by atoms with Crippen LogP contribution >= 0.6 is 15.9 Å². The Morgan fingerprint density at radius 3 is 2.81 bits per heavy atom. The Balaban J connectivity index is 1.72. The van der Waals surface area contributed by atoms with Gasteiger partial charge < -0.3 is 14.0 Å². The lowest BCUT2D eigenvalue weighted by Crippen LogP contribution is -2.35. The highest BCUT2D eigenvalue weighted by Crippen LogP contribution is 2.32. The third kappa shape index (κ3) is 3.73. The number of rotatable bonds is 5. The lowest BCUT2D eigenvalue weighted by Gasteiger charge is -2.28. The summed E-state index contributed by atoms with van der Waals surface area (Å²) >= 11 is 3.47. The fourth-order valence-electron chi connectivity index (χ4n) is 2.65. The topological polar surface area (TPSA) is 36.3 Å². The smallest absolute Gasteiger partial charge is 0.174 e. The van der Waals surface area contributed by atoms with Crippen molar-refractivity contribution in [2.75, 3.05) is 6.61 Å². The van der Waals surface area contributed by atoms with Crippen molar-refractivity contribution in [1.29, 1.82) is 0 Å². The van der Waals surface area contributed by atoms with Crippen LogP contribution in [0.25, 0.3) is 0 Å². The largest absolute Gasteiger partial charge is 0.347 e. The van der Waals surface area contributed by atoms with Gasteiger partial charge in [0.25, 0.3) is 0 Å². The van der Waals surface area contributed by atoms with E-state index in [0.717, 1.165) is 23.9 Å². The van der Waals surface area contributed by atoms with Crippen molar-refractivity contribution in [3.63, 3.8) is 0 Å². The van der Waals surface area contributed by atoms with E-state index in [2.05, 4.69) is 56.7 Å². The zero-order valence-corrected chi connectivity index (χ0v) is 13.6. The monoisotopic (exact) mass is 350 g/mol. The van der Waals surface area contributed by atoms with Crippen LogP contribution in [0.5, 0.6) is 0 Å². The summed E-state index contributed by atoms with van der Waals surface area (Å²) in [5, 5.41) is 0. The summed E-state index contributed by atoms with van der Waals surface area (Å²) in [6.07, 6.45) is 7.30. The summed E-state index contributed by atoms with van der Waals surface area (Å²) < 4.78 is 15.3. The molecule has 2 unspecified atom stereocenters. The number of halogens is 1. The highest BCUT2D eigenvalue weighted by atomic mass is 79.9. The van der Waals surface area contributed by atoms with Gasteiger partial charge in [0.15, 0.2) is 5.79 Å². The molecule has 112 valence electrons. The minimum Gasteiger partial charge on any atom is -0.347 e. The van der Waals surface area contributed by atoms with Gasteiger partial charge in [-0.3, -0.25) is 0 Å². The molecule has 1 aliphatic rings. The maximum absolute atomic E-state index is 6.11. The molecule has 4 nitrogen and oxygen atoms in total. The molecule has 0 aliphatic carbocycles. The molecule has 0 radical (unpaired) electrons. The zero-order valence-electron chi connectivity index (χ0n) is 12.0. The summed E-state index contributed by atoms with van der Waals surface area (Å²) in [6, 6.07) is 8.33. The lowest BCUT2D eigenvalue weighted by molar-refractivity contribution is -0.171. The number of aromatic nitrogens is 2. The van der Waals surface area contributed by atoms with Gasteiger partial charge in [0.2, 0.25) is 0 Å². The Kier molecular flexibility index (Phi) is 4.42. The van der Waals surface area contributed by atoms with Crippen LogP contribution in [0.1, 0.15) is 18.9 Å². The van der Waals surface area contributed by atoms with Crippen molar-refractivity contribution >= 4 is 15.9 Å². The van der Waals surface area contributed by atoms with E-state index in [4.69, 9.17) is 9.47 Å². The van der Waals surface area contributed by atoms with Crippen molar-refractivity contribution in [2.24, 2.45) is 0 Å². The second kappa shape index (κ2) is 6.30. The first-order valence-corrected chi connectivity index (χ1v) is 7.96. The first-order valence-electron chi connectivity index (χ1n) is 7.17. The van der Waals surface area contributed by atoms with Crippen LogP contribution in [-0.4, -0.2) is 28.0 Å². The molecule has 0 N–H and O–H groups in total. The predicted molar refractivity (Wildman–Crippen MR) is 83.9 cm³/mol. The number of hydrogen-bond acceptors (Lipinski definition) is 3. The number of imidazole rings is 1. The van der Waals surface area contributed by atoms with Crippen LogP contribution in [0, 0.1) is 0 Å². The van der Waals surface area contributed by atoms with E-state index in [-0.39, 0.29) is 6.10 Å². The maximum Gasteiger partial charge on any atom is 0.174 e. The van der Waals surface area contributed by atoms with Crippen molar-refractivity contribution in [3.8, 4) is 0 Å². The molecule has 2 heterocycles. The Hall–Kier alpha value is -1.17. The molecule has 2 aromatic rings. The second-order valence-electron chi connectivity index (χ2n) is 5.50. The Bertz CT molecular complexity index is 570. The molecule has 0 amide bonds. The fraction of sp³-hybridized carbons (Fsp3) is 0.438. The number of nitrogens with zero attached hydrogens (tertiary/aromatic N) is 2. The average molecular weight is 351 g/mol. The van der Waals surface area contributed by atoms with Crippen LogP contribution in [0.4, 0.5) is 0 Å². The molecule has 1 saturated heterocycles. The van der Waals surface area contributed by atoms with E-state index in [9.17, 15) is 0 Å². The predicted octanol–water partition coefficient (Wildman–Crippen LogP) is 3.41. The third-order valence-corrected chi connectivity index (χ3v) is 4.22. The highest BCUT2D eigenvalue weighted by Gasteiger charge is 2.39. The molecular formula is C16H19BrN2O2. The van der Waals surface area contributed by atoms with Gasteiger partial charge in [-0.05, 0) is 24.6 Å². The number of ether oxygens (including phenoxy) is 2. The molecule has 5 heteroatoms. The van der Waals surface area contributed by atoms with Gasteiger partial charge in [-0.1, -0.05) is 28.1 Å². The van der Waals surface area contributed by atoms with Crippen molar-refractivity contribution in [1.82, 2.24) is 9.55 Å². The van der Waals surface area contributed by atoms with E-state index in [1.165, 1.54) is 5.56 Å². The van der Waals surface area contributed by atoms with Crippen molar-refractivity contribution in [2.45, 2.75) is 38.2 Å². The average Bonchev–Trinajstić information content (AvgIpc) is 3.10. The number of hydrogen-bond donors (Lipinski definition) is 0. The molecule has 0 bridgehead atoms. The Labute approximate surface area is 133 Å².